The van der Waals surface area contributed by atoms with Gasteiger partial charge in [0.1, 0.15) is 12.9 Å². The van der Waals surface area contributed by atoms with Gasteiger partial charge in [0.25, 0.3) is 5.56 Å². The zero-order valence-electron chi connectivity index (χ0n) is 13.7. The van der Waals surface area contributed by atoms with Crippen LogP contribution in [-0.4, -0.2) is 34.6 Å². The average molecular weight is 407 g/mol. The fourth-order valence-electron chi connectivity index (χ4n) is 2.57. The topological polar surface area (TPSA) is 111 Å². The Morgan fingerprint density at radius 2 is 1.96 bits per heavy atom. The Balaban J connectivity index is 1.51. The molecule has 1 atom stereocenters. The fraction of sp³-hybridized carbons (Fsp3) is 0.188. The maximum Gasteiger partial charge on any atom is 0.281 e. The molecule has 1 N–H and O–H groups in total. The first kappa shape index (κ1) is 17.7. The van der Waals surface area contributed by atoms with Gasteiger partial charge in [0.05, 0.1) is 17.3 Å². The van der Waals surface area contributed by atoms with Crippen molar-refractivity contribution < 1.29 is 9.63 Å². The van der Waals surface area contributed by atoms with E-state index in [2.05, 4.69) is 20.3 Å². The molecule has 9 nitrogen and oxygen atoms in total. The lowest BCUT2D eigenvalue weighted by Gasteiger charge is -2.08. The van der Waals surface area contributed by atoms with Crippen LogP contribution < -0.4 is 5.56 Å². The summed E-state index contributed by atoms with van der Waals surface area (Å²) in [6.07, 6.45) is 2.01. The van der Waals surface area contributed by atoms with Gasteiger partial charge in [-0.15, -0.1) is 9.73 Å². The van der Waals surface area contributed by atoms with E-state index in [-0.39, 0.29) is 35.0 Å². The van der Waals surface area contributed by atoms with Crippen molar-refractivity contribution in [3.05, 3.63) is 74.5 Å². The molecule has 138 valence electrons. The summed E-state index contributed by atoms with van der Waals surface area (Å²) >= 11 is 11.8. The standard InChI is InChI=1S/C16H12Cl2N6O3/c17-10-3-1-9(2-4-10)12(25)5-13-21-14(27-22-13)7-23-8-20-24-15(16(23)26)11(18)6-19-24/h1-4,6,8,12,25H,5,7H2/t12-/m0/s1. The van der Waals surface area contributed by atoms with Gasteiger partial charge in [0.2, 0.25) is 5.89 Å². The molecule has 0 saturated carbocycles. The molecule has 1 aromatic carbocycles. The molecule has 0 unspecified atom stereocenters. The number of aliphatic hydroxyl groups excluding tert-OH is 1. The van der Waals surface area contributed by atoms with Gasteiger partial charge in [-0.05, 0) is 17.7 Å². The second-order valence-corrected chi connectivity index (χ2v) is 6.61. The maximum atomic E-state index is 12.4. The molecule has 11 heteroatoms. The highest BCUT2D eigenvalue weighted by Gasteiger charge is 2.16. The predicted octanol–water partition coefficient (Wildman–Crippen LogP) is 1.91. The van der Waals surface area contributed by atoms with Crippen LogP contribution in [0.2, 0.25) is 10.0 Å². The lowest BCUT2D eigenvalue weighted by Crippen LogP contribution is -2.24. The molecular weight excluding hydrogens is 395 g/mol. The minimum Gasteiger partial charge on any atom is -0.388 e. The molecule has 0 aliphatic heterocycles. The molecule has 0 fully saturated rings. The van der Waals surface area contributed by atoms with E-state index in [1.54, 1.807) is 24.3 Å². The number of nitrogens with zero attached hydrogens (tertiary/aromatic N) is 6. The molecule has 3 aromatic heterocycles. The minimum absolute atomic E-state index is 0.0217. The third-order valence-corrected chi connectivity index (χ3v) is 4.45. The first-order valence-electron chi connectivity index (χ1n) is 7.85. The van der Waals surface area contributed by atoms with Gasteiger partial charge in [0.15, 0.2) is 11.3 Å². The summed E-state index contributed by atoms with van der Waals surface area (Å²) in [5, 5.41) is 22.8. The largest absolute Gasteiger partial charge is 0.388 e. The molecule has 4 aromatic rings. The Labute approximate surface area is 161 Å². The van der Waals surface area contributed by atoms with Crippen LogP contribution in [-0.2, 0) is 13.0 Å². The number of benzene rings is 1. The van der Waals surface area contributed by atoms with Gasteiger partial charge in [0, 0.05) is 11.4 Å². The quantitative estimate of drug-likeness (QED) is 0.538. The summed E-state index contributed by atoms with van der Waals surface area (Å²) in [6.45, 7) is 0.0217. The van der Waals surface area contributed by atoms with Crippen molar-refractivity contribution in [2.24, 2.45) is 0 Å². The Morgan fingerprint density at radius 1 is 1.19 bits per heavy atom. The molecule has 27 heavy (non-hydrogen) atoms. The van der Waals surface area contributed by atoms with Crippen LogP contribution in [0.4, 0.5) is 0 Å². The van der Waals surface area contributed by atoms with E-state index in [1.165, 1.54) is 17.1 Å². The highest BCUT2D eigenvalue weighted by Crippen LogP contribution is 2.19. The normalized spacial score (nSPS) is 12.6. The SMILES string of the molecule is O=c1c2c(Cl)cnn2ncn1Cc1nc(C[C@H](O)c2ccc(Cl)cc2)no1. The number of halogens is 2. The summed E-state index contributed by atoms with van der Waals surface area (Å²) in [4.78, 5) is 16.7. The van der Waals surface area contributed by atoms with Crippen molar-refractivity contribution in [1.82, 2.24) is 29.5 Å². The second kappa shape index (κ2) is 7.10. The Bertz CT molecular complexity index is 1150. The van der Waals surface area contributed by atoms with Crippen molar-refractivity contribution in [2.45, 2.75) is 19.1 Å². The number of hydrogen-bond acceptors (Lipinski definition) is 7. The van der Waals surface area contributed by atoms with Crippen LogP contribution in [0.5, 0.6) is 0 Å². The van der Waals surface area contributed by atoms with E-state index in [0.717, 1.165) is 4.63 Å². The summed E-state index contributed by atoms with van der Waals surface area (Å²) in [7, 11) is 0. The summed E-state index contributed by atoms with van der Waals surface area (Å²) in [5.41, 5.74) is 0.470. The third-order valence-electron chi connectivity index (χ3n) is 3.92. The highest BCUT2D eigenvalue weighted by atomic mass is 35.5. The highest BCUT2D eigenvalue weighted by molar-refractivity contribution is 6.33. The van der Waals surface area contributed by atoms with Crippen LogP contribution >= 0.6 is 23.2 Å². The molecule has 4 rings (SSSR count). The van der Waals surface area contributed by atoms with Gasteiger partial charge >= 0.3 is 0 Å². The Hall–Kier alpha value is -2.75. The van der Waals surface area contributed by atoms with Gasteiger partial charge < -0.3 is 9.63 Å². The molecule has 3 heterocycles. The van der Waals surface area contributed by atoms with E-state index in [0.29, 0.717) is 16.4 Å². The van der Waals surface area contributed by atoms with Crippen LogP contribution in [0.15, 0.2) is 46.1 Å². The van der Waals surface area contributed by atoms with Gasteiger partial charge in [-0.3, -0.25) is 9.36 Å². The average Bonchev–Trinajstić information content (AvgIpc) is 3.25. The fourth-order valence-corrected chi connectivity index (χ4v) is 2.89. The molecule has 0 aliphatic rings. The zero-order chi connectivity index (χ0) is 19.0. The summed E-state index contributed by atoms with van der Waals surface area (Å²) in [5.74, 6) is 0.522. The van der Waals surface area contributed by atoms with Crippen LogP contribution in [0, 0.1) is 0 Å². The smallest absolute Gasteiger partial charge is 0.281 e. The van der Waals surface area contributed by atoms with Crippen LogP contribution in [0.25, 0.3) is 5.52 Å². The molecule has 0 aliphatic carbocycles. The maximum absolute atomic E-state index is 12.4. The molecule has 0 bridgehead atoms. The molecule has 0 radical (unpaired) electrons. The summed E-state index contributed by atoms with van der Waals surface area (Å²) < 4.78 is 7.61. The number of aromatic nitrogens is 6. The van der Waals surface area contributed by atoms with Gasteiger partial charge in [-0.2, -0.15) is 10.1 Å². The molecular formula is C16H12Cl2N6O3. The number of aliphatic hydroxyl groups is 1. The summed E-state index contributed by atoms with van der Waals surface area (Å²) in [6, 6.07) is 6.84. The van der Waals surface area contributed by atoms with Crippen LogP contribution in [0.3, 0.4) is 0 Å². The number of rotatable bonds is 5. The lowest BCUT2D eigenvalue weighted by molar-refractivity contribution is 0.174. The van der Waals surface area contributed by atoms with Gasteiger partial charge in [-0.25, -0.2) is 0 Å². The van der Waals surface area contributed by atoms with E-state index in [1.807, 2.05) is 0 Å². The van der Waals surface area contributed by atoms with Crippen LogP contribution in [0.1, 0.15) is 23.4 Å². The first-order valence-corrected chi connectivity index (χ1v) is 8.61. The molecule has 0 spiro atoms. The van der Waals surface area contributed by atoms with Crippen molar-refractivity contribution in [3.8, 4) is 0 Å². The Morgan fingerprint density at radius 3 is 2.74 bits per heavy atom. The predicted molar refractivity (Wildman–Crippen MR) is 95.8 cm³/mol. The van der Waals surface area contributed by atoms with E-state index in [4.69, 9.17) is 27.7 Å². The van der Waals surface area contributed by atoms with E-state index >= 15 is 0 Å². The van der Waals surface area contributed by atoms with Crippen molar-refractivity contribution in [2.75, 3.05) is 0 Å². The van der Waals surface area contributed by atoms with Crippen molar-refractivity contribution in [3.63, 3.8) is 0 Å². The zero-order valence-corrected chi connectivity index (χ0v) is 15.2. The Kier molecular flexibility index (Phi) is 4.65. The van der Waals surface area contributed by atoms with E-state index < -0.39 is 6.10 Å². The number of hydrogen-bond donors (Lipinski definition) is 1. The monoisotopic (exact) mass is 406 g/mol. The third kappa shape index (κ3) is 3.57. The molecule has 0 amide bonds. The van der Waals surface area contributed by atoms with E-state index in [9.17, 15) is 9.90 Å². The van der Waals surface area contributed by atoms with Gasteiger partial charge in [-0.1, -0.05) is 40.5 Å². The van der Waals surface area contributed by atoms with Crippen molar-refractivity contribution >= 4 is 28.7 Å². The number of fused-ring (bicyclic) bond motifs is 1. The van der Waals surface area contributed by atoms with Crippen molar-refractivity contribution in [1.29, 1.82) is 0 Å². The second-order valence-electron chi connectivity index (χ2n) is 5.77. The lowest BCUT2D eigenvalue weighted by atomic mass is 10.1. The molecule has 0 saturated heterocycles. The first-order chi connectivity index (χ1) is 13.0. The minimum atomic E-state index is -0.806.